The molecule has 1 rings (SSSR count). The Hall–Kier alpha value is -1.10. The third-order valence-electron chi connectivity index (χ3n) is 1.03. The van der Waals surface area contributed by atoms with Crippen LogP contribution in [-0.4, -0.2) is 31.4 Å². The van der Waals surface area contributed by atoms with Gasteiger partial charge in [-0.15, -0.1) is 10.2 Å². The Labute approximate surface area is 85.3 Å². The molecule has 0 fully saturated rings. The second kappa shape index (κ2) is 4.95. The monoisotopic (exact) mass is 237 g/mol. The van der Waals surface area contributed by atoms with E-state index in [0.29, 0.717) is 0 Å². The van der Waals surface area contributed by atoms with Gasteiger partial charge in [0.25, 0.3) is 11.3 Å². The quantitative estimate of drug-likeness (QED) is 0.496. The summed E-state index contributed by atoms with van der Waals surface area (Å²) in [5, 5.41) is 9.72. The molecule has 1 amide bonds. The van der Waals surface area contributed by atoms with Crippen LogP contribution in [0.1, 0.15) is 0 Å². The zero-order valence-electron chi connectivity index (χ0n) is 6.76. The Bertz CT molecular complexity index is 353. The number of rotatable bonds is 4. The van der Waals surface area contributed by atoms with Crippen LogP contribution >= 0.6 is 11.3 Å². The van der Waals surface area contributed by atoms with E-state index in [1.54, 1.807) is 0 Å². The van der Waals surface area contributed by atoms with Crippen molar-refractivity contribution in [1.29, 1.82) is 0 Å². The molecule has 8 nitrogen and oxygen atoms in total. The van der Waals surface area contributed by atoms with Gasteiger partial charge in [-0.05, 0) is 0 Å². The number of nitrogens with one attached hydrogen (secondary N) is 2. The molecule has 0 radical (unpaired) electrons. The number of carbonyl (C=O) groups is 1. The van der Waals surface area contributed by atoms with E-state index >= 15 is 0 Å². The summed E-state index contributed by atoms with van der Waals surface area (Å²) in [6, 6.07) is 0. The summed E-state index contributed by atoms with van der Waals surface area (Å²) in [4.78, 5) is 10.8. The second-order valence-corrected chi connectivity index (χ2v) is 3.70. The fourth-order valence-corrected chi connectivity index (χ4v) is 1.64. The molecule has 0 aliphatic carbocycles. The number of hydrogen-bond donors (Lipinski definition) is 4. The van der Waals surface area contributed by atoms with Gasteiger partial charge in [0.2, 0.25) is 16.2 Å². The van der Waals surface area contributed by atoms with Crippen molar-refractivity contribution < 1.29 is 13.6 Å². The van der Waals surface area contributed by atoms with Gasteiger partial charge in [-0.1, -0.05) is 11.3 Å². The summed E-state index contributed by atoms with van der Waals surface area (Å²) in [6.45, 7) is -0.158. The van der Waals surface area contributed by atoms with Gasteiger partial charge < -0.3 is 5.73 Å². The Morgan fingerprint density at radius 3 is 2.79 bits per heavy atom. The van der Waals surface area contributed by atoms with Crippen molar-refractivity contribution in [3.8, 4) is 0 Å². The van der Waals surface area contributed by atoms with E-state index in [1.165, 1.54) is 0 Å². The lowest BCUT2D eigenvalue weighted by Crippen LogP contribution is -2.21. The van der Waals surface area contributed by atoms with Gasteiger partial charge in [-0.25, -0.2) is 4.21 Å². The highest BCUT2D eigenvalue weighted by atomic mass is 32.2. The number of anilines is 2. The molecule has 1 unspecified atom stereocenters. The van der Waals surface area contributed by atoms with E-state index in [4.69, 9.17) is 10.3 Å². The highest BCUT2D eigenvalue weighted by molar-refractivity contribution is 7.80. The van der Waals surface area contributed by atoms with Crippen LogP contribution in [0.5, 0.6) is 0 Å². The third-order valence-corrected chi connectivity index (χ3v) is 2.28. The van der Waals surface area contributed by atoms with Crippen molar-refractivity contribution in [2.24, 2.45) is 5.73 Å². The summed E-state index contributed by atoms with van der Waals surface area (Å²) in [5.41, 5.74) is 5.05. The molecule has 0 saturated carbocycles. The van der Waals surface area contributed by atoms with Gasteiger partial charge in [0.1, 0.15) is 0 Å². The summed E-state index contributed by atoms with van der Waals surface area (Å²) >= 11 is -1.27. The van der Waals surface area contributed by atoms with Crippen molar-refractivity contribution in [2.75, 3.05) is 16.6 Å². The standard InChI is InChI=1S/C4H7N5O3S2/c5-1-2(10)6-3-7-8-4(13-3)9-14(11)12/h1,5H2,(H,8,9)(H,11,12)(H,6,7,10). The van der Waals surface area contributed by atoms with Gasteiger partial charge in [0.05, 0.1) is 6.54 Å². The predicted molar refractivity (Wildman–Crippen MR) is 52.0 cm³/mol. The largest absolute Gasteiger partial charge is 0.322 e. The summed E-state index contributed by atoms with van der Waals surface area (Å²) in [6.07, 6.45) is 0. The van der Waals surface area contributed by atoms with Gasteiger partial charge in [0.15, 0.2) is 0 Å². The predicted octanol–water partition coefficient (Wildman–Crippen LogP) is -1.02. The van der Waals surface area contributed by atoms with Crippen LogP contribution in [0.2, 0.25) is 0 Å². The Balaban J connectivity index is 2.59. The lowest BCUT2D eigenvalue weighted by Gasteiger charge is -1.94. The molecule has 1 aromatic heterocycles. The minimum Gasteiger partial charge on any atom is -0.322 e. The lowest BCUT2D eigenvalue weighted by molar-refractivity contribution is -0.114. The van der Waals surface area contributed by atoms with E-state index < -0.39 is 17.2 Å². The zero-order valence-corrected chi connectivity index (χ0v) is 8.39. The molecular weight excluding hydrogens is 230 g/mol. The molecule has 0 aliphatic rings. The SMILES string of the molecule is NCC(=O)Nc1nnc(NS(=O)O)s1. The van der Waals surface area contributed by atoms with Crippen LogP contribution in [0.25, 0.3) is 0 Å². The fourth-order valence-electron chi connectivity index (χ4n) is 0.560. The van der Waals surface area contributed by atoms with Crippen LogP contribution in [0, 0.1) is 0 Å². The highest BCUT2D eigenvalue weighted by Gasteiger charge is 2.07. The first-order valence-electron chi connectivity index (χ1n) is 3.32. The molecule has 0 aliphatic heterocycles. The summed E-state index contributed by atoms with van der Waals surface area (Å²) in [5.74, 6) is -0.405. The van der Waals surface area contributed by atoms with E-state index in [0.717, 1.165) is 11.3 Å². The molecule has 0 saturated heterocycles. The van der Waals surface area contributed by atoms with Crippen LogP contribution in [0.3, 0.4) is 0 Å². The molecule has 1 aromatic rings. The molecule has 1 atom stereocenters. The van der Waals surface area contributed by atoms with Crippen LogP contribution in [0.15, 0.2) is 0 Å². The topological polar surface area (TPSA) is 130 Å². The minimum atomic E-state index is -2.20. The zero-order chi connectivity index (χ0) is 10.6. The number of aromatic nitrogens is 2. The molecule has 1 heterocycles. The maximum absolute atomic E-state index is 10.8. The first kappa shape index (κ1) is 11.0. The number of nitrogens with two attached hydrogens (primary N) is 1. The molecule has 78 valence electrons. The van der Waals surface area contributed by atoms with Crippen molar-refractivity contribution in [3.05, 3.63) is 0 Å². The van der Waals surface area contributed by atoms with E-state index in [-0.39, 0.29) is 16.8 Å². The smallest absolute Gasteiger partial charge is 0.261 e. The average molecular weight is 237 g/mol. The second-order valence-electron chi connectivity index (χ2n) is 2.02. The summed E-state index contributed by atoms with van der Waals surface area (Å²) < 4.78 is 20.8. The Morgan fingerprint density at radius 1 is 1.57 bits per heavy atom. The fraction of sp³-hybridized carbons (Fsp3) is 0.250. The van der Waals surface area contributed by atoms with Crippen molar-refractivity contribution in [2.45, 2.75) is 0 Å². The highest BCUT2D eigenvalue weighted by Crippen LogP contribution is 2.19. The number of carbonyl (C=O) groups excluding carboxylic acids is 1. The van der Waals surface area contributed by atoms with Crippen LogP contribution in [0.4, 0.5) is 10.3 Å². The van der Waals surface area contributed by atoms with E-state index in [9.17, 15) is 9.00 Å². The van der Waals surface area contributed by atoms with Crippen molar-refractivity contribution in [1.82, 2.24) is 10.2 Å². The average Bonchev–Trinajstić information content (AvgIpc) is 2.51. The minimum absolute atomic E-state index is 0.137. The molecule has 14 heavy (non-hydrogen) atoms. The van der Waals surface area contributed by atoms with Gasteiger partial charge >= 0.3 is 0 Å². The maximum Gasteiger partial charge on any atom is 0.261 e. The third kappa shape index (κ3) is 3.33. The maximum atomic E-state index is 10.8. The number of hydrogen-bond acceptors (Lipinski definition) is 6. The molecule has 0 bridgehead atoms. The van der Waals surface area contributed by atoms with Crippen molar-refractivity contribution in [3.63, 3.8) is 0 Å². The van der Waals surface area contributed by atoms with Gasteiger partial charge in [-0.2, -0.15) is 0 Å². The molecule has 10 heteroatoms. The molecule has 0 spiro atoms. The van der Waals surface area contributed by atoms with Crippen LogP contribution in [-0.2, 0) is 16.1 Å². The first-order valence-corrected chi connectivity index (χ1v) is 5.25. The normalized spacial score (nSPS) is 12.1. The molecule has 0 aromatic carbocycles. The van der Waals surface area contributed by atoms with Crippen LogP contribution < -0.4 is 15.8 Å². The summed E-state index contributed by atoms with van der Waals surface area (Å²) in [7, 11) is 0. The van der Waals surface area contributed by atoms with Gasteiger partial charge in [-0.3, -0.25) is 19.4 Å². The lowest BCUT2D eigenvalue weighted by atomic mass is 10.6. The first-order chi connectivity index (χ1) is 6.61. The van der Waals surface area contributed by atoms with Crippen molar-refractivity contribution >= 4 is 38.8 Å². The molecular formula is C4H7N5O3S2. The Morgan fingerprint density at radius 2 is 2.21 bits per heavy atom. The van der Waals surface area contributed by atoms with Gasteiger partial charge in [0, 0.05) is 0 Å². The van der Waals surface area contributed by atoms with E-state index in [1.807, 2.05) is 0 Å². The van der Waals surface area contributed by atoms with E-state index in [2.05, 4.69) is 20.2 Å². The Kier molecular flexibility index (Phi) is 3.88. The number of amides is 1. The molecule has 5 N–H and O–H groups in total. The number of nitrogens with zero attached hydrogens (tertiary/aromatic N) is 2.